The minimum Gasteiger partial charge on any atom is -0.360 e. The molecule has 3 heterocycles. The topological polar surface area (TPSA) is 90.9 Å². The van der Waals surface area contributed by atoms with Gasteiger partial charge in [0.05, 0.1) is 4.90 Å². The second-order valence-corrected chi connectivity index (χ2v) is 8.12. The minimum absolute atomic E-state index is 0.195. The third kappa shape index (κ3) is 2.33. The highest BCUT2D eigenvalue weighted by molar-refractivity contribution is 7.90. The molecule has 4 aromatic rings. The van der Waals surface area contributed by atoms with Crippen molar-refractivity contribution in [3.63, 3.8) is 0 Å². The molecule has 1 aromatic carbocycles. The van der Waals surface area contributed by atoms with Crippen LogP contribution in [0.2, 0.25) is 0 Å². The molecule has 1 saturated carbocycles. The molecule has 0 atom stereocenters. The molecule has 0 N–H and O–H groups in total. The fourth-order valence-electron chi connectivity index (χ4n) is 3.01. The standard InChI is InChI=1S/C18H14N4O3S/c23-26(24,13-4-2-1-3-5-13)22-10-15(14-9-19-11-20-18(14)22)16-8-17(25-21-16)12-6-7-12/h1-5,8-12H,6-7H2. The van der Waals surface area contributed by atoms with Crippen LogP contribution in [0.3, 0.4) is 0 Å². The van der Waals surface area contributed by atoms with Crippen molar-refractivity contribution in [1.29, 1.82) is 0 Å². The number of hydrogen-bond donors (Lipinski definition) is 0. The molecule has 0 saturated heterocycles. The van der Waals surface area contributed by atoms with E-state index in [1.54, 1.807) is 36.5 Å². The van der Waals surface area contributed by atoms with Gasteiger partial charge in [0.15, 0.2) is 5.65 Å². The first kappa shape index (κ1) is 15.3. The summed E-state index contributed by atoms with van der Waals surface area (Å²) in [4.78, 5) is 8.43. The Labute approximate surface area is 149 Å². The smallest absolute Gasteiger partial charge is 0.269 e. The zero-order chi connectivity index (χ0) is 17.7. The van der Waals surface area contributed by atoms with Gasteiger partial charge in [0.2, 0.25) is 0 Å². The second-order valence-electron chi connectivity index (χ2n) is 6.31. The van der Waals surface area contributed by atoms with Gasteiger partial charge in [-0.15, -0.1) is 0 Å². The number of nitrogens with zero attached hydrogens (tertiary/aromatic N) is 4. The Kier molecular flexibility index (Phi) is 3.23. The Balaban J connectivity index is 1.72. The maximum atomic E-state index is 13.1. The number of aromatic nitrogens is 4. The van der Waals surface area contributed by atoms with Crippen LogP contribution in [0.5, 0.6) is 0 Å². The monoisotopic (exact) mass is 366 g/mol. The summed E-state index contributed by atoms with van der Waals surface area (Å²) < 4.78 is 32.8. The van der Waals surface area contributed by atoms with Crippen molar-refractivity contribution in [3.05, 3.63) is 60.9 Å². The van der Waals surface area contributed by atoms with E-state index in [9.17, 15) is 8.42 Å². The van der Waals surface area contributed by atoms with Gasteiger partial charge in [0, 0.05) is 35.3 Å². The highest BCUT2D eigenvalue weighted by atomic mass is 32.2. The maximum absolute atomic E-state index is 13.1. The van der Waals surface area contributed by atoms with Crippen LogP contribution in [0, 0.1) is 0 Å². The van der Waals surface area contributed by atoms with Crippen molar-refractivity contribution in [2.75, 3.05) is 0 Å². The van der Waals surface area contributed by atoms with E-state index in [0.29, 0.717) is 28.2 Å². The summed E-state index contributed by atoms with van der Waals surface area (Å²) in [5, 5.41) is 4.74. The zero-order valence-electron chi connectivity index (χ0n) is 13.6. The molecule has 26 heavy (non-hydrogen) atoms. The first-order valence-corrected chi connectivity index (χ1v) is 9.67. The van der Waals surface area contributed by atoms with E-state index in [2.05, 4.69) is 15.1 Å². The number of hydrogen-bond acceptors (Lipinski definition) is 6. The van der Waals surface area contributed by atoms with Gasteiger partial charge in [0.25, 0.3) is 10.0 Å². The van der Waals surface area contributed by atoms with Gasteiger partial charge in [-0.05, 0) is 25.0 Å². The Hall–Kier alpha value is -3.00. The lowest BCUT2D eigenvalue weighted by Gasteiger charge is -2.06. The quantitative estimate of drug-likeness (QED) is 0.551. The predicted octanol–water partition coefficient (Wildman–Crippen LogP) is 3.20. The van der Waals surface area contributed by atoms with E-state index in [0.717, 1.165) is 18.6 Å². The van der Waals surface area contributed by atoms with Crippen LogP contribution >= 0.6 is 0 Å². The van der Waals surface area contributed by atoms with Gasteiger partial charge in [-0.1, -0.05) is 23.4 Å². The molecule has 1 fully saturated rings. The van der Waals surface area contributed by atoms with E-state index in [1.807, 2.05) is 6.07 Å². The van der Waals surface area contributed by atoms with Gasteiger partial charge in [-0.25, -0.2) is 22.4 Å². The fraction of sp³-hybridized carbons (Fsp3) is 0.167. The molecular weight excluding hydrogens is 352 g/mol. The summed E-state index contributed by atoms with van der Waals surface area (Å²) in [5.41, 5.74) is 1.54. The molecular formula is C18H14N4O3S. The van der Waals surface area contributed by atoms with Gasteiger partial charge in [-0.3, -0.25) is 0 Å². The number of benzene rings is 1. The fourth-order valence-corrected chi connectivity index (χ4v) is 4.35. The third-order valence-corrected chi connectivity index (χ3v) is 6.18. The Morgan fingerprint density at radius 3 is 2.73 bits per heavy atom. The molecule has 1 aliphatic carbocycles. The molecule has 5 rings (SSSR count). The first-order chi connectivity index (χ1) is 12.6. The molecule has 0 radical (unpaired) electrons. The third-order valence-electron chi connectivity index (χ3n) is 4.52. The lowest BCUT2D eigenvalue weighted by atomic mass is 10.1. The van der Waals surface area contributed by atoms with Crippen LogP contribution in [0.1, 0.15) is 24.5 Å². The zero-order valence-corrected chi connectivity index (χ0v) is 14.4. The van der Waals surface area contributed by atoms with E-state index in [-0.39, 0.29) is 4.90 Å². The van der Waals surface area contributed by atoms with E-state index in [4.69, 9.17) is 4.52 Å². The van der Waals surface area contributed by atoms with E-state index >= 15 is 0 Å². The minimum atomic E-state index is -3.78. The van der Waals surface area contributed by atoms with E-state index in [1.165, 1.54) is 16.5 Å². The van der Waals surface area contributed by atoms with Gasteiger partial charge in [0.1, 0.15) is 17.8 Å². The summed E-state index contributed by atoms with van der Waals surface area (Å²) >= 11 is 0. The molecule has 7 nitrogen and oxygen atoms in total. The van der Waals surface area contributed by atoms with Crippen molar-refractivity contribution in [2.24, 2.45) is 0 Å². The van der Waals surface area contributed by atoms with Crippen LogP contribution in [0.4, 0.5) is 0 Å². The van der Waals surface area contributed by atoms with Crippen molar-refractivity contribution < 1.29 is 12.9 Å². The molecule has 3 aromatic heterocycles. The largest absolute Gasteiger partial charge is 0.360 e. The Morgan fingerprint density at radius 1 is 1.15 bits per heavy atom. The van der Waals surface area contributed by atoms with Crippen LogP contribution in [0.25, 0.3) is 22.3 Å². The first-order valence-electron chi connectivity index (χ1n) is 8.23. The molecule has 0 aliphatic heterocycles. The molecule has 0 bridgehead atoms. The molecule has 0 spiro atoms. The molecule has 0 unspecified atom stereocenters. The average molecular weight is 366 g/mol. The van der Waals surface area contributed by atoms with Crippen LogP contribution in [0.15, 0.2) is 64.5 Å². The van der Waals surface area contributed by atoms with Crippen molar-refractivity contribution in [3.8, 4) is 11.3 Å². The SMILES string of the molecule is O=S(=O)(c1ccccc1)n1cc(-c2cc(C3CC3)on2)c2cncnc21. The van der Waals surface area contributed by atoms with Gasteiger partial charge in [-0.2, -0.15) is 0 Å². The van der Waals surface area contributed by atoms with Crippen molar-refractivity contribution >= 4 is 21.1 Å². The number of fused-ring (bicyclic) bond motifs is 1. The average Bonchev–Trinajstić information content (AvgIpc) is 3.27. The number of rotatable bonds is 4. The maximum Gasteiger partial charge on any atom is 0.269 e. The highest BCUT2D eigenvalue weighted by Gasteiger charge is 2.29. The summed E-state index contributed by atoms with van der Waals surface area (Å²) in [7, 11) is -3.78. The van der Waals surface area contributed by atoms with Gasteiger partial charge >= 0.3 is 0 Å². The van der Waals surface area contributed by atoms with Crippen LogP contribution in [-0.4, -0.2) is 27.5 Å². The summed E-state index contributed by atoms with van der Waals surface area (Å²) in [6.45, 7) is 0. The Morgan fingerprint density at radius 2 is 1.96 bits per heavy atom. The molecule has 0 amide bonds. The second kappa shape index (κ2) is 5.50. The lowest BCUT2D eigenvalue weighted by Crippen LogP contribution is -2.12. The Bertz CT molecular complexity index is 1210. The summed E-state index contributed by atoms with van der Waals surface area (Å²) in [6, 6.07) is 10.1. The normalized spacial score (nSPS) is 14.8. The summed E-state index contributed by atoms with van der Waals surface area (Å²) in [5.74, 6) is 1.26. The lowest BCUT2D eigenvalue weighted by molar-refractivity contribution is 0.386. The van der Waals surface area contributed by atoms with E-state index < -0.39 is 10.0 Å². The van der Waals surface area contributed by atoms with Gasteiger partial charge < -0.3 is 4.52 Å². The summed E-state index contributed by atoms with van der Waals surface area (Å²) in [6.07, 6.45) is 6.67. The van der Waals surface area contributed by atoms with Crippen molar-refractivity contribution in [2.45, 2.75) is 23.7 Å². The van der Waals surface area contributed by atoms with Crippen LogP contribution < -0.4 is 0 Å². The predicted molar refractivity (Wildman–Crippen MR) is 94.0 cm³/mol. The molecule has 130 valence electrons. The highest BCUT2D eigenvalue weighted by Crippen LogP contribution is 2.42. The van der Waals surface area contributed by atoms with Crippen molar-refractivity contribution in [1.82, 2.24) is 19.1 Å². The van der Waals surface area contributed by atoms with Crippen LogP contribution in [-0.2, 0) is 10.0 Å². The molecule has 8 heteroatoms. The molecule has 1 aliphatic rings.